The second kappa shape index (κ2) is 8.23. The molecule has 3 aliphatic rings. The summed E-state index contributed by atoms with van der Waals surface area (Å²) < 4.78 is 0. The van der Waals surface area contributed by atoms with E-state index < -0.39 is 5.60 Å². The van der Waals surface area contributed by atoms with E-state index in [1.54, 1.807) is 0 Å². The van der Waals surface area contributed by atoms with Crippen molar-refractivity contribution in [2.45, 2.75) is 88.3 Å². The van der Waals surface area contributed by atoms with Crippen molar-refractivity contribution in [2.24, 2.45) is 0 Å². The fourth-order valence-electron chi connectivity index (χ4n) is 6.20. The molecule has 3 heteroatoms. The highest BCUT2D eigenvalue weighted by molar-refractivity contribution is 5.23. The van der Waals surface area contributed by atoms with Gasteiger partial charge in [0.1, 0.15) is 5.60 Å². The van der Waals surface area contributed by atoms with E-state index in [1.807, 2.05) is 0 Å². The van der Waals surface area contributed by atoms with Gasteiger partial charge in [-0.05, 0) is 83.6 Å². The molecular formula is C24H38N2O. The molecule has 150 valence electrons. The number of likely N-dealkylation sites (tertiary alicyclic amines) is 2. The van der Waals surface area contributed by atoms with Crippen molar-refractivity contribution in [1.29, 1.82) is 0 Å². The smallest absolute Gasteiger partial charge is 0.102 e. The van der Waals surface area contributed by atoms with E-state index in [1.165, 1.54) is 50.5 Å². The zero-order valence-corrected chi connectivity index (χ0v) is 17.2. The van der Waals surface area contributed by atoms with Crippen molar-refractivity contribution in [3.8, 4) is 0 Å². The molecule has 1 saturated carbocycles. The topological polar surface area (TPSA) is 26.7 Å². The molecule has 4 rings (SSSR count). The molecule has 1 aliphatic carbocycles. The summed E-state index contributed by atoms with van der Waals surface area (Å²) in [5.41, 5.74) is 0.484. The largest absolute Gasteiger partial charge is 0.386 e. The van der Waals surface area contributed by atoms with Gasteiger partial charge < -0.3 is 5.11 Å². The standard InChI is InChI=1S/C24H38N2O/c1-23(26-18-9-4-10-19-26)15-11-14-22(25-16-7-3-8-17-25)24(23,27)20-21-12-5-2-6-13-21/h2,5-6,12-13,22,27H,3-4,7-11,14-20H2,1H3. The van der Waals surface area contributed by atoms with Crippen molar-refractivity contribution in [3.05, 3.63) is 35.9 Å². The van der Waals surface area contributed by atoms with Gasteiger partial charge in [-0.25, -0.2) is 0 Å². The van der Waals surface area contributed by atoms with Gasteiger partial charge in [0.2, 0.25) is 0 Å². The van der Waals surface area contributed by atoms with Crippen molar-refractivity contribution in [2.75, 3.05) is 26.2 Å². The van der Waals surface area contributed by atoms with Crippen LogP contribution in [0.4, 0.5) is 0 Å². The number of benzene rings is 1. The molecule has 3 fully saturated rings. The van der Waals surface area contributed by atoms with Crippen LogP contribution in [0.25, 0.3) is 0 Å². The van der Waals surface area contributed by atoms with Gasteiger partial charge in [-0.2, -0.15) is 0 Å². The Kier molecular flexibility index (Phi) is 5.92. The molecule has 0 bridgehead atoms. The number of nitrogens with zero attached hydrogens (tertiary/aromatic N) is 2. The van der Waals surface area contributed by atoms with Gasteiger partial charge in [-0.3, -0.25) is 9.80 Å². The van der Waals surface area contributed by atoms with Crippen molar-refractivity contribution in [1.82, 2.24) is 9.80 Å². The van der Waals surface area contributed by atoms with Crippen LogP contribution in [-0.4, -0.2) is 58.3 Å². The molecule has 3 atom stereocenters. The SMILES string of the molecule is CC1(N2CCCCC2)CCCC(N2CCCCC2)C1(O)Cc1ccccc1. The summed E-state index contributed by atoms with van der Waals surface area (Å²) in [4.78, 5) is 5.31. The second-order valence-electron chi connectivity index (χ2n) is 9.41. The van der Waals surface area contributed by atoms with Crippen LogP contribution < -0.4 is 0 Å². The lowest BCUT2D eigenvalue weighted by atomic mass is 9.63. The van der Waals surface area contributed by atoms with E-state index in [-0.39, 0.29) is 5.54 Å². The quantitative estimate of drug-likeness (QED) is 0.859. The lowest BCUT2D eigenvalue weighted by Crippen LogP contribution is -2.73. The average molecular weight is 371 g/mol. The first kappa shape index (κ1) is 19.4. The van der Waals surface area contributed by atoms with Crippen LogP contribution in [0.1, 0.15) is 70.3 Å². The Morgan fingerprint density at radius 1 is 0.889 bits per heavy atom. The summed E-state index contributed by atoms with van der Waals surface area (Å²) in [6, 6.07) is 11.0. The lowest BCUT2D eigenvalue weighted by molar-refractivity contribution is -0.177. The van der Waals surface area contributed by atoms with Gasteiger partial charge >= 0.3 is 0 Å². The Labute approximate surface area is 165 Å². The predicted molar refractivity (Wildman–Crippen MR) is 112 cm³/mol. The lowest BCUT2D eigenvalue weighted by Gasteiger charge is -2.61. The van der Waals surface area contributed by atoms with E-state index in [9.17, 15) is 5.11 Å². The van der Waals surface area contributed by atoms with Crippen LogP contribution in [0.5, 0.6) is 0 Å². The van der Waals surface area contributed by atoms with Crippen molar-refractivity contribution < 1.29 is 5.11 Å². The highest BCUT2D eigenvalue weighted by Gasteiger charge is 2.58. The van der Waals surface area contributed by atoms with Crippen molar-refractivity contribution in [3.63, 3.8) is 0 Å². The van der Waals surface area contributed by atoms with Crippen LogP contribution in [0, 0.1) is 0 Å². The zero-order valence-electron chi connectivity index (χ0n) is 17.2. The number of piperidine rings is 2. The van der Waals surface area contributed by atoms with Gasteiger partial charge in [-0.1, -0.05) is 43.2 Å². The minimum Gasteiger partial charge on any atom is -0.386 e. The van der Waals surface area contributed by atoms with E-state index in [4.69, 9.17) is 0 Å². The Bertz CT molecular complexity index is 594. The molecule has 3 nitrogen and oxygen atoms in total. The van der Waals surface area contributed by atoms with Crippen LogP contribution in [0.2, 0.25) is 0 Å². The van der Waals surface area contributed by atoms with Gasteiger partial charge in [0.05, 0.1) is 0 Å². The second-order valence-corrected chi connectivity index (χ2v) is 9.41. The average Bonchev–Trinajstić information content (AvgIpc) is 2.72. The third-order valence-electron chi connectivity index (χ3n) is 7.83. The molecule has 1 aromatic rings. The Balaban J connectivity index is 1.69. The minimum atomic E-state index is -0.679. The summed E-state index contributed by atoms with van der Waals surface area (Å²) in [5, 5.41) is 12.5. The Morgan fingerprint density at radius 2 is 1.52 bits per heavy atom. The van der Waals surface area contributed by atoms with Crippen LogP contribution >= 0.6 is 0 Å². The molecule has 2 heterocycles. The first-order valence-corrected chi connectivity index (χ1v) is 11.4. The molecule has 0 spiro atoms. The van der Waals surface area contributed by atoms with Crippen LogP contribution in [0.15, 0.2) is 30.3 Å². The first-order valence-electron chi connectivity index (χ1n) is 11.4. The van der Waals surface area contributed by atoms with Gasteiger partial charge in [0.25, 0.3) is 0 Å². The maximum absolute atomic E-state index is 12.5. The molecule has 1 N–H and O–H groups in total. The minimum absolute atomic E-state index is 0.121. The molecular weight excluding hydrogens is 332 g/mol. The maximum Gasteiger partial charge on any atom is 0.102 e. The zero-order chi connectivity index (χ0) is 18.7. The number of hydrogen-bond acceptors (Lipinski definition) is 3. The molecule has 1 aromatic carbocycles. The Morgan fingerprint density at radius 3 is 2.19 bits per heavy atom. The summed E-state index contributed by atoms with van der Waals surface area (Å²) in [6.07, 6.45) is 12.1. The third kappa shape index (κ3) is 3.71. The van der Waals surface area contributed by atoms with Gasteiger partial charge in [0.15, 0.2) is 0 Å². The fourth-order valence-corrected chi connectivity index (χ4v) is 6.20. The highest BCUT2D eigenvalue weighted by Crippen LogP contribution is 2.46. The fraction of sp³-hybridized carbons (Fsp3) is 0.750. The van der Waals surface area contributed by atoms with Gasteiger partial charge in [-0.15, -0.1) is 0 Å². The van der Waals surface area contributed by atoms with Crippen LogP contribution in [-0.2, 0) is 6.42 Å². The molecule has 27 heavy (non-hydrogen) atoms. The van der Waals surface area contributed by atoms with Gasteiger partial charge in [0, 0.05) is 18.0 Å². The highest BCUT2D eigenvalue weighted by atomic mass is 16.3. The van der Waals surface area contributed by atoms with E-state index >= 15 is 0 Å². The summed E-state index contributed by atoms with van der Waals surface area (Å²) in [5.74, 6) is 0. The van der Waals surface area contributed by atoms with Crippen LogP contribution in [0.3, 0.4) is 0 Å². The monoisotopic (exact) mass is 370 g/mol. The molecule has 0 amide bonds. The van der Waals surface area contributed by atoms with Crippen molar-refractivity contribution >= 4 is 0 Å². The number of hydrogen-bond donors (Lipinski definition) is 1. The normalized spacial score (nSPS) is 36.6. The van der Waals surface area contributed by atoms with E-state index in [0.717, 1.165) is 45.4 Å². The summed E-state index contributed by atoms with van der Waals surface area (Å²) in [6.45, 7) is 7.02. The summed E-state index contributed by atoms with van der Waals surface area (Å²) in [7, 11) is 0. The van der Waals surface area contributed by atoms with E-state index in [2.05, 4.69) is 47.1 Å². The molecule has 0 aromatic heterocycles. The Hall–Kier alpha value is -0.900. The molecule has 2 saturated heterocycles. The molecule has 3 unspecified atom stereocenters. The maximum atomic E-state index is 12.5. The van der Waals surface area contributed by atoms with E-state index in [0.29, 0.717) is 6.04 Å². The molecule has 0 radical (unpaired) electrons. The number of aliphatic hydroxyl groups is 1. The molecule has 2 aliphatic heterocycles. The third-order valence-corrected chi connectivity index (χ3v) is 7.83. The predicted octanol–water partition coefficient (Wildman–Crippen LogP) is 4.24. The number of rotatable bonds is 4. The summed E-state index contributed by atoms with van der Waals surface area (Å²) >= 11 is 0. The first-order chi connectivity index (χ1) is 13.1.